The predicted molar refractivity (Wildman–Crippen MR) is 60.5 cm³/mol. The van der Waals surface area contributed by atoms with E-state index in [9.17, 15) is 9.90 Å². The Morgan fingerprint density at radius 2 is 2.18 bits per heavy atom. The van der Waals surface area contributed by atoms with Crippen molar-refractivity contribution < 1.29 is 15.0 Å². The molecule has 1 aromatic carbocycles. The molecule has 1 aromatic heterocycles. The highest BCUT2D eigenvalue weighted by atomic mass is 16.4. The molecule has 0 aliphatic heterocycles. The van der Waals surface area contributed by atoms with Crippen LogP contribution in [0.2, 0.25) is 0 Å². The van der Waals surface area contributed by atoms with Crippen molar-refractivity contribution in [3.05, 3.63) is 42.4 Å². The van der Waals surface area contributed by atoms with Gasteiger partial charge in [0.25, 0.3) is 0 Å². The highest BCUT2D eigenvalue weighted by Gasteiger charge is 2.10. The van der Waals surface area contributed by atoms with E-state index in [1.807, 2.05) is 0 Å². The Balaban J connectivity index is 2.47. The number of nitrogens with zero attached hydrogens (tertiary/aromatic N) is 2. The maximum absolute atomic E-state index is 10.7. The molecule has 0 spiro atoms. The van der Waals surface area contributed by atoms with Crippen LogP contribution in [0.4, 0.5) is 0 Å². The van der Waals surface area contributed by atoms with Crippen molar-refractivity contribution >= 4 is 5.97 Å². The molecule has 0 atom stereocenters. The fourth-order valence-corrected chi connectivity index (χ4v) is 1.56. The number of rotatable bonds is 3. The van der Waals surface area contributed by atoms with Crippen molar-refractivity contribution in [3.8, 4) is 17.0 Å². The Morgan fingerprint density at radius 1 is 1.35 bits per heavy atom. The molecule has 5 nitrogen and oxygen atoms in total. The zero-order valence-electron chi connectivity index (χ0n) is 8.87. The number of aromatic hydroxyl groups is 1. The van der Waals surface area contributed by atoms with E-state index in [-0.39, 0.29) is 12.2 Å². The van der Waals surface area contributed by atoms with Crippen molar-refractivity contribution in [2.45, 2.75) is 6.42 Å². The highest BCUT2D eigenvalue weighted by Crippen LogP contribution is 2.24. The van der Waals surface area contributed by atoms with E-state index in [1.165, 1.54) is 18.6 Å². The standard InChI is InChI=1S/C12H10N2O3/c15-10-3-1-2-8(4-10)12-9(5-11(16)17)6-13-7-14-12/h1-4,6-7,15H,5H2,(H,16,17). The van der Waals surface area contributed by atoms with E-state index in [0.29, 0.717) is 16.8 Å². The van der Waals surface area contributed by atoms with Gasteiger partial charge in [-0.2, -0.15) is 0 Å². The fourth-order valence-electron chi connectivity index (χ4n) is 1.56. The molecule has 0 amide bonds. The Morgan fingerprint density at radius 3 is 2.88 bits per heavy atom. The first kappa shape index (κ1) is 11.1. The molecule has 86 valence electrons. The van der Waals surface area contributed by atoms with Crippen LogP contribution in [-0.2, 0) is 11.2 Å². The van der Waals surface area contributed by atoms with Crippen molar-refractivity contribution in [3.63, 3.8) is 0 Å². The van der Waals surface area contributed by atoms with Gasteiger partial charge in [-0.15, -0.1) is 0 Å². The van der Waals surface area contributed by atoms with Crippen molar-refractivity contribution in [1.82, 2.24) is 9.97 Å². The van der Waals surface area contributed by atoms with E-state index in [1.54, 1.807) is 18.2 Å². The first-order valence-corrected chi connectivity index (χ1v) is 4.97. The number of carbonyl (C=O) groups is 1. The molecule has 5 heteroatoms. The zero-order valence-corrected chi connectivity index (χ0v) is 8.87. The second-order valence-corrected chi connectivity index (χ2v) is 3.52. The maximum Gasteiger partial charge on any atom is 0.307 e. The van der Waals surface area contributed by atoms with Crippen LogP contribution < -0.4 is 0 Å². The molecular weight excluding hydrogens is 220 g/mol. The van der Waals surface area contributed by atoms with Crippen LogP contribution in [0.15, 0.2) is 36.8 Å². The smallest absolute Gasteiger partial charge is 0.307 e. The Labute approximate surface area is 97.4 Å². The molecule has 0 saturated carbocycles. The molecule has 0 fully saturated rings. The SMILES string of the molecule is O=C(O)Cc1cncnc1-c1cccc(O)c1. The van der Waals surface area contributed by atoms with Crippen LogP contribution in [0, 0.1) is 0 Å². The molecule has 2 N–H and O–H groups in total. The molecule has 17 heavy (non-hydrogen) atoms. The number of phenolic OH excluding ortho intramolecular Hbond substituents is 1. The number of carboxylic acids is 1. The second-order valence-electron chi connectivity index (χ2n) is 3.52. The summed E-state index contributed by atoms with van der Waals surface area (Å²) in [5.74, 6) is -0.830. The molecule has 0 radical (unpaired) electrons. The topological polar surface area (TPSA) is 83.3 Å². The quantitative estimate of drug-likeness (QED) is 0.834. The van der Waals surface area contributed by atoms with Crippen LogP contribution in [0.5, 0.6) is 5.75 Å². The lowest BCUT2D eigenvalue weighted by Gasteiger charge is -2.06. The van der Waals surface area contributed by atoms with E-state index in [0.717, 1.165) is 0 Å². The largest absolute Gasteiger partial charge is 0.508 e. The highest BCUT2D eigenvalue weighted by molar-refractivity contribution is 5.74. The van der Waals surface area contributed by atoms with Gasteiger partial charge in [-0.1, -0.05) is 12.1 Å². The average Bonchev–Trinajstić information content (AvgIpc) is 2.29. The third-order valence-corrected chi connectivity index (χ3v) is 2.25. The van der Waals surface area contributed by atoms with Gasteiger partial charge in [0.05, 0.1) is 12.1 Å². The molecule has 2 aromatic rings. The van der Waals surface area contributed by atoms with Crippen LogP contribution in [0.1, 0.15) is 5.56 Å². The van der Waals surface area contributed by atoms with Crippen molar-refractivity contribution in [1.29, 1.82) is 0 Å². The van der Waals surface area contributed by atoms with Gasteiger partial charge in [0.1, 0.15) is 12.1 Å². The Hall–Kier alpha value is -2.43. The molecule has 0 bridgehead atoms. The lowest BCUT2D eigenvalue weighted by atomic mass is 10.0. The minimum Gasteiger partial charge on any atom is -0.508 e. The number of aliphatic carboxylic acids is 1. The van der Waals surface area contributed by atoms with E-state index >= 15 is 0 Å². The number of carboxylic acid groups (broad SMARTS) is 1. The molecule has 2 rings (SSSR count). The molecule has 1 heterocycles. The average molecular weight is 230 g/mol. The lowest BCUT2D eigenvalue weighted by Crippen LogP contribution is -2.03. The summed E-state index contributed by atoms with van der Waals surface area (Å²) < 4.78 is 0. The fraction of sp³-hybridized carbons (Fsp3) is 0.0833. The summed E-state index contributed by atoms with van der Waals surface area (Å²) in [6.45, 7) is 0. The molecule has 0 aliphatic carbocycles. The summed E-state index contributed by atoms with van der Waals surface area (Å²) in [5, 5.41) is 18.2. The van der Waals surface area contributed by atoms with E-state index < -0.39 is 5.97 Å². The summed E-state index contributed by atoms with van der Waals surface area (Å²) in [6, 6.07) is 6.51. The predicted octanol–water partition coefficient (Wildman–Crippen LogP) is 1.48. The minimum atomic E-state index is -0.943. The van der Waals surface area contributed by atoms with Gasteiger partial charge < -0.3 is 10.2 Å². The third-order valence-electron chi connectivity index (χ3n) is 2.25. The monoisotopic (exact) mass is 230 g/mol. The first-order valence-electron chi connectivity index (χ1n) is 4.97. The third kappa shape index (κ3) is 2.57. The molecule has 0 aliphatic rings. The van der Waals surface area contributed by atoms with E-state index in [4.69, 9.17) is 5.11 Å². The van der Waals surface area contributed by atoms with Gasteiger partial charge in [-0.25, -0.2) is 9.97 Å². The first-order chi connectivity index (χ1) is 8.16. The van der Waals surface area contributed by atoms with Crippen LogP contribution >= 0.6 is 0 Å². The van der Waals surface area contributed by atoms with Gasteiger partial charge in [0, 0.05) is 17.3 Å². The summed E-state index contributed by atoms with van der Waals surface area (Å²) in [7, 11) is 0. The Kier molecular flexibility index (Phi) is 3.00. The minimum absolute atomic E-state index is 0.113. The summed E-state index contributed by atoms with van der Waals surface area (Å²) in [6.07, 6.45) is 2.68. The number of benzene rings is 1. The van der Waals surface area contributed by atoms with Crippen LogP contribution in [0.3, 0.4) is 0 Å². The maximum atomic E-state index is 10.7. The normalized spacial score (nSPS) is 10.1. The van der Waals surface area contributed by atoms with Gasteiger partial charge in [-0.05, 0) is 12.1 Å². The number of aromatic nitrogens is 2. The summed E-state index contributed by atoms with van der Waals surface area (Å²) >= 11 is 0. The summed E-state index contributed by atoms with van der Waals surface area (Å²) in [4.78, 5) is 18.6. The number of hydrogen-bond acceptors (Lipinski definition) is 4. The lowest BCUT2D eigenvalue weighted by molar-refractivity contribution is -0.136. The van der Waals surface area contributed by atoms with Crippen molar-refractivity contribution in [2.75, 3.05) is 0 Å². The number of hydrogen-bond donors (Lipinski definition) is 2. The zero-order chi connectivity index (χ0) is 12.3. The second kappa shape index (κ2) is 4.61. The number of phenols is 1. The van der Waals surface area contributed by atoms with Gasteiger partial charge in [-0.3, -0.25) is 4.79 Å². The molecule has 0 saturated heterocycles. The van der Waals surface area contributed by atoms with Crippen LogP contribution in [-0.4, -0.2) is 26.2 Å². The van der Waals surface area contributed by atoms with Gasteiger partial charge in [0.15, 0.2) is 0 Å². The van der Waals surface area contributed by atoms with E-state index in [2.05, 4.69) is 9.97 Å². The molecule has 0 unspecified atom stereocenters. The van der Waals surface area contributed by atoms with Crippen molar-refractivity contribution in [2.24, 2.45) is 0 Å². The van der Waals surface area contributed by atoms with Gasteiger partial charge in [0.2, 0.25) is 0 Å². The molecular formula is C12H10N2O3. The van der Waals surface area contributed by atoms with Crippen LogP contribution in [0.25, 0.3) is 11.3 Å². The Bertz CT molecular complexity index is 555. The van der Waals surface area contributed by atoms with Gasteiger partial charge >= 0.3 is 5.97 Å². The summed E-state index contributed by atoms with van der Waals surface area (Å²) in [5.41, 5.74) is 1.72.